The lowest BCUT2D eigenvalue weighted by Gasteiger charge is -2.53. The monoisotopic (exact) mass is 472 g/mol. The van der Waals surface area contributed by atoms with Gasteiger partial charge in [-0.05, 0) is 43.7 Å². The number of hydrogen-bond donors (Lipinski definition) is 3. The van der Waals surface area contributed by atoms with E-state index in [1.54, 1.807) is 12.3 Å². The number of rotatable bonds is 5. The fraction of sp³-hybridized carbons (Fsp3) is 0.609. The van der Waals surface area contributed by atoms with Gasteiger partial charge in [-0.25, -0.2) is 4.98 Å². The molecule has 0 bridgehead atoms. The van der Waals surface area contributed by atoms with Gasteiger partial charge in [0.05, 0.1) is 30.7 Å². The first-order valence-corrected chi connectivity index (χ1v) is 11.5. The molecule has 34 heavy (non-hydrogen) atoms. The maximum atomic E-state index is 13.4. The molecule has 11 nitrogen and oxygen atoms in total. The zero-order valence-electron chi connectivity index (χ0n) is 19.2. The molecule has 2 amide bonds. The van der Waals surface area contributed by atoms with Crippen LogP contribution in [0, 0.1) is 22.7 Å². The van der Waals surface area contributed by atoms with Crippen LogP contribution in [0.4, 0.5) is 5.82 Å². The second-order valence-electron chi connectivity index (χ2n) is 8.91. The number of carbonyl (C=O) groups excluding carboxylic acids is 2. The number of anilines is 1. The number of carboxylic acid groups (broad SMARTS) is 1. The number of ether oxygens (including phenoxy) is 1. The number of fused-ring (bicyclic) bond motifs is 1. The van der Waals surface area contributed by atoms with E-state index in [-0.39, 0.29) is 24.8 Å². The van der Waals surface area contributed by atoms with Gasteiger partial charge in [-0.3, -0.25) is 19.3 Å². The first-order valence-electron chi connectivity index (χ1n) is 11.5. The Labute approximate surface area is 198 Å². The summed E-state index contributed by atoms with van der Waals surface area (Å²) in [5.41, 5.74) is 5.22. The molecule has 2 aliphatic heterocycles. The minimum Gasteiger partial charge on any atom is -0.483 e. The Bertz CT molecular complexity index is 898. The Morgan fingerprint density at radius 1 is 1.32 bits per heavy atom. The average molecular weight is 473 g/mol. The highest BCUT2D eigenvalue weighted by Gasteiger charge is 2.52. The first-order chi connectivity index (χ1) is 16.4. The molecule has 2 saturated heterocycles. The van der Waals surface area contributed by atoms with Crippen LogP contribution in [0.3, 0.4) is 0 Å². The van der Waals surface area contributed by atoms with Crippen LogP contribution in [0.1, 0.15) is 31.2 Å². The molecule has 11 heteroatoms. The van der Waals surface area contributed by atoms with Crippen molar-refractivity contribution < 1.29 is 24.2 Å². The molecule has 4 rings (SSSR count). The van der Waals surface area contributed by atoms with Gasteiger partial charge in [-0.1, -0.05) is 0 Å². The van der Waals surface area contributed by atoms with Gasteiger partial charge >= 0.3 is 0 Å². The molecule has 1 aromatic heterocycles. The number of nitrogens with two attached hydrogens (primary N) is 1. The molecule has 3 fully saturated rings. The van der Waals surface area contributed by atoms with E-state index in [1.165, 1.54) is 0 Å². The third-order valence-electron chi connectivity index (χ3n) is 7.12. The number of nitrogens with zero attached hydrogens (tertiary/aromatic N) is 4. The summed E-state index contributed by atoms with van der Waals surface area (Å²) in [5, 5.41) is 18.7. The highest BCUT2D eigenvalue weighted by atomic mass is 16.5. The summed E-state index contributed by atoms with van der Waals surface area (Å²) in [5.74, 6) is 0.381. The Kier molecular flexibility index (Phi) is 8.79. The Morgan fingerprint density at radius 3 is 2.68 bits per heavy atom. The zero-order valence-corrected chi connectivity index (χ0v) is 19.2. The minimum atomic E-state index is -0.577. The molecule has 1 aliphatic carbocycles. The van der Waals surface area contributed by atoms with Gasteiger partial charge in [0.15, 0.2) is 0 Å². The molecule has 0 spiro atoms. The average Bonchev–Trinajstić information content (AvgIpc) is 2.87. The topological polar surface area (TPSA) is 162 Å². The third kappa shape index (κ3) is 5.81. The standard InChI is InChI=1S/C22H30N6O3.CH2O2/c23-12-16-1-2-20(25-13-16)28-6-4-17-11-18(27-7-9-31-10-8-27)3-5-22(17,15-28)21(30)26-14-19(24)29;2-1-3/h1-2,13,17-18H,3-11,14-15H2,(H2,24,29)(H,26,30);1H,(H,2,3)/t17-,18-,22-;/m1./s1. The summed E-state index contributed by atoms with van der Waals surface area (Å²) >= 11 is 0. The number of hydrogen-bond acceptors (Lipinski definition) is 8. The highest BCUT2D eigenvalue weighted by molar-refractivity contribution is 5.88. The van der Waals surface area contributed by atoms with E-state index in [0.717, 1.165) is 64.3 Å². The quantitative estimate of drug-likeness (QED) is 0.499. The highest BCUT2D eigenvalue weighted by Crippen LogP contribution is 2.48. The summed E-state index contributed by atoms with van der Waals surface area (Å²) in [6.45, 7) is 4.39. The number of nitrogens with one attached hydrogen (secondary N) is 1. The zero-order chi connectivity index (χ0) is 24.6. The van der Waals surface area contributed by atoms with Crippen molar-refractivity contribution in [1.82, 2.24) is 15.2 Å². The number of primary amides is 1. The number of piperidine rings is 1. The van der Waals surface area contributed by atoms with Gasteiger partial charge in [0.2, 0.25) is 11.8 Å². The molecule has 0 radical (unpaired) electrons. The summed E-state index contributed by atoms with van der Waals surface area (Å²) in [6, 6.07) is 6.15. The number of morpholine rings is 1. The van der Waals surface area contributed by atoms with Crippen molar-refractivity contribution in [2.45, 2.75) is 31.7 Å². The van der Waals surface area contributed by atoms with Gasteiger partial charge in [-0.2, -0.15) is 5.26 Å². The molecule has 1 saturated carbocycles. The van der Waals surface area contributed by atoms with Crippen molar-refractivity contribution in [2.24, 2.45) is 17.1 Å². The fourth-order valence-corrected chi connectivity index (χ4v) is 5.46. The van der Waals surface area contributed by atoms with E-state index in [4.69, 9.17) is 25.6 Å². The molecule has 184 valence electrons. The van der Waals surface area contributed by atoms with Crippen LogP contribution in [0.15, 0.2) is 18.3 Å². The lowest BCUT2D eigenvalue weighted by molar-refractivity contribution is -0.140. The predicted octanol–water partition coefficient (Wildman–Crippen LogP) is -0.0470. The van der Waals surface area contributed by atoms with Crippen molar-refractivity contribution in [3.05, 3.63) is 23.9 Å². The molecule has 0 aromatic carbocycles. The molecular formula is C23H32N6O5. The lowest BCUT2D eigenvalue weighted by atomic mass is 9.61. The van der Waals surface area contributed by atoms with E-state index in [0.29, 0.717) is 18.2 Å². The van der Waals surface area contributed by atoms with E-state index < -0.39 is 11.3 Å². The normalized spacial score (nSPS) is 26.7. The first kappa shape index (κ1) is 25.4. The third-order valence-corrected chi connectivity index (χ3v) is 7.12. The summed E-state index contributed by atoms with van der Waals surface area (Å²) in [6.07, 6.45) is 5.12. The Hall–Kier alpha value is -3.23. The SMILES string of the molecule is N#Cc1ccc(N2CC[C@@H]3C[C@H](N4CCOCC4)CC[C@@]3(C(=O)NCC(N)=O)C2)nc1.O=CO. The Morgan fingerprint density at radius 2 is 2.06 bits per heavy atom. The van der Waals surface area contributed by atoms with Crippen LogP contribution in [-0.4, -0.2) is 85.3 Å². The smallest absolute Gasteiger partial charge is 0.290 e. The lowest BCUT2D eigenvalue weighted by Crippen LogP contribution is -2.61. The van der Waals surface area contributed by atoms with Crippen LogP contribution < -0.4 is 16.0 Å². The maximum Gasteiger partial charge on any atom is 0.290 e. The van der Waals surface area contributed by atoms with Crippen LogP contribution >= 0.6 is 0 Å². The Balaban J connectivity index is 0.00000103. The van der Waals surface area contributed by atoms with Crippen molar-refractivity contribution >= 4 is 24.1 Å². The van der Waals surface area contributed by atoms with Crippen LogP contribution in [0.25, 0.3) is 0 Å². The number of nitriles is 1. The van der Waals surface area contributed by atoms with Gasteiger partial charge < -0.3 is 25.8 Å². The van der Waals surface area contributed by atoms with Gasteiger partial charge in [0, 0.05) is 38.4 Å². The van der Waals surface area contributed by atoms with E-state index in [1.807, 2.05) is 6.07 Å². The van der Waals surface area contributed by atoms with Gasteiger partial charge in [0.1, 0.15) is 11.9 Å². The van der Waals surface area contributed by atoms with Crippen LogP contribution in [0.5, 0.6) is 0 Å². The van der Waals surface area contributed by atoms with Crippen molar-refractivity contribution in [3.8, 4) is 6.07 Å². The predicted molar refractivity (Wildman–Crippen MR) is 123 cm³/mol. The molecule has 4 N–H and O–H groups in total. The molecular weight excluding hydrogens is 440 g/mol. The number of pyridine rings is 1. The number of amides is 2. The number of aromatic nitrogens is 1. The molecule has 1 aromatic rings. The van der Waals surface area contributed by atoms with Crippen molar-refractivity contribution in [3.63, 3.8) is 0 Å². The molecule has 3 heterocycles. The second-order valence-corrected chi connectivity index (χ2v) is 8.91. The second kappa shape index (κ2) is 11.8. The van der Waals surface area contributed by atoms with Crippen molar-refractivity contribution in [2.75, 3.05) is 50.8 Å². The van der Waals surface area contributed by atoms with Gasteiger partial charge in [0.25, 0.3) is 6.47 Å². The largest absolute Gasteiger partial charge is 0.483 e. The summed E-state index contributed by atoms with van der Waals surface area (Å²) < 4.78 is 5.51. The molecule has 3 aliphatic rings. The maximum absolute atomic E-state index is 13.4. The van der Waals surface area contributed by atoms with Crippen LogP contribution in [0.2, 0.25) is 0 Å². The molecule has 0 unspecified atom stereocenters. The van der Waals surface area contributed by atoms with E-state index >= 15 is 0 Å². The summed E-state index contributed by atoms with van der Waals surface area (Å²) in [4.78, 5) is 42.1. The number of carbonyl (C=O) groups is 3. The van der Waals surface area contributed by atoms with E-state index in [2.05, 4.69) is 26.2 Å². The van der Waals surface area contributed by atoms with Crippen molar-refractivity contribution in [1.29, 1.82) is 5.26 Å². The fourth-order valence-electron chi connectivity index (χ4n) is 5.46. The van der Waals surface area contributed by atoms with Crippen LogP contribution in [-0.2, 0) is 19.1 Å². The summed E-state index contributed by atoms with van der Waals surface area (Å²) in [7, 11) is 0. The van der Waals surface area contributed by atoms with Gasteiger partial charge in [-0.15, -0.1) is 0 Å². The van der Waals surface area contributed by atoms with E-state index in [9.17, 15) is 9.59 Å². The molecule has 3 atom stereocenters. The minimum absolute atomic E-state index is 0.0879.